The average molecular weight is 360 g/mol. The number of halogens is 1. The molecule has 25 heavy (non-hydrogen) atoms. The van der Waals surface area contributed by atoms with E-state index in [2.05, 4.69) is 10.5 Å². The molecular weight excluding hydrogens is 342 g/mol. The van der Waals surface area contributed by atoms with Crippen LogP contribution in [0.2, 0.25) is 5.02 Å². The van der Waals surface area contributed by atoms with Crippen LogP contribution in [0.4, 0.5) is 5.69 Å². The Hall–Kier alpha value is -2.34. The lowest BCUT2D eigenvalue weighted by molar-refractivity contribution is -0.117. The molecule has 6 nitrogen and oxygen atoms in total. The summed E-state index contributed by atoms with van der Waals surface area (Å²) in [6.07, 6.45) is 4.04. The van der Waals surface area contributed by atoms with Crippen molar-refractivity contribution < 1.29 is 14.1 Å². The van der Waals surface area contributed by atoms with E-state index >= 15 is 0 Å². The fourth-order valence-corrected chi connectivity index (χ4v) is 3.62. The van der Waals surface area contributed by atoms with Crippen LogP contribution in [-0.2, 0) is 17.6 Å². The third-order valence-electron chi connectivity index (χ3n) is 4.76. The fraction of sp³-hybridized carbons (Fsp3) is 0.389. The molecule has 2 amide bonds. The van der Waals surface area contributed by atoms with Gasteiger partial charge in [0, 0.05) is 35.7 Å². The van der Waals surface area contributed by atoms with Crippen molar-refractivity contribution in [2.75, 3.05) is 11.4 Å². The van der Waals surface area contributed by atoms with Crippen molar-refractivity contribution in [3.05, 3.63) is 46.3 Å². The lowest BCUT2D eigenvalue weighted by Crippen LogP contribution is -2.37. The molecule has 0 saturated carbocycles. The maximum atomic E-state index is 12.5. The van der Waals surface area contributed by atoms with Crippen LogP contribution in [0.3, 0.4) is 0 Å². The molecule has 1 atom stereocenters. The Kier molecular flexibility index (Phi) is 4.21. The Morgan fingerprint density at radius 3 is 2.80 bits per heavy atom. The van der Waals surface area contributed by atoms with E-state index in [1.807, 2.05) is 0 Å². The van der Waals surface area contributed by atoms with Crippen LogP contribution in [0.15, 0.2) is 28.8 Å². The first-order valence-corrected chi connectivity index (χ1v) is 8.84. The van der Waals surface area contributed by atoms with Gasteiger partial charge in [-0.2, -0.15) is 0 Å². The van der Waals surface area contributed by atoms with Crippen LogP contribution in [0.25, 0.3) is 0 Å². The molecule has 7 heteroatoms. The van der Waals surface area contributed by atoms with Gasteiger partial charge in [-0.15, -0.1) is 0 Å². The number of aromatic nitrogens is 1. The van der Waals surface area contributed by atoms with Gasteiger partial charge in [0.15, 0.2) is 5.69 Å². The second-order valence-electron chi connectivity index (χ2n) is 6.50. The zero-order valence-electron chi connectivity index (χ0n) is 13.6. The van der Waals surface area contributed by atoms with Crippen molar-refractivity contribution in [2.24, 2.45) is 0 Å². The van der Waals surface area contributed by atoms with Crippen LogP contribution in [0, 0.1) is 0 Å². The van der Waals surface area contributed by atoms with Crippen LogP contribution in [0.5, 0.6) is 0 Å². The molecule has 0 spiro atoms. The third-order valence-corrected chi connectivity index (χ3v) is 5.02. The molecule has 4 rings (SSSR count). The van der Waals surface area contributed by atoms with Gasteiger partial charge in [-0.05, 0) is 43.5 Å². The number of nitrogens with zero attached hydrogens (tertiary/aromatic N) is 2. The smallest absolute Gasteiger partial charge is 0.274 e. The molecule has 1 aliphatic heterocycles. The molecule has 1 N–H and O–H groups in total. The summed E-state index contributed by atoms with van der Waals surface area (Å²) in [6, 6.07) is 6.86. The third kappa shape index (κ3) is 3.14. The largest absolute Gasteiger partial charge is 0.360 e. The summed E-state index contributed by atoms with van der Waals surface area (Å²) >= 11 is 5.89. The summed E-state index contributed by atoms with van der Waals surface area (Å²) in [4.78, 5) is 26.5. The minimum Gasteiger partial charge on any atom is -0.360 e. The number of rotatable bonds is 3. The van der Waals surface area contributed by atoms with Crippen LogP contribution in [0.1, 0.15) is 41.1 Å². The van der Waals surface area contributed by atoms with E-state index in [0.717, 1.165) is 42.7 Å². The number of fused-ring (bicyclic) bond motifs is 1. The molecule has 0 unspecified atom stereocenters. The van der Waals surface area contributed by atoms with E-state index in [0.29, 0.717) is 17.3 Å². The molecule has 1 aromatic heterocycles. The minimum absolute atomic E-state index is 0.0187. The molecular formula is C18H18ClN3O3. The second kappa shape index (κ2) is 6.52. The summed E-state index contributed by atoms with van der Waals surface area (Å²) in [6.45, 7) is 0.437. The monoisotopic (exact) mass is 359 g/mol. The number of benzene rings is 1. The van der Waals surface area contributed by atoms with Crippen molar-refractivity contribution in [2.45, 2.75) is 38.1 Å². The number of carbonyl (C=O) groups excluding carboxylic acids is 2. The number of aryl methyl sites for hydroxylation is 1. The number of carbonyl (C=O) groups is 2. The zero-order valence-corrected chi connectivity index (χ0v) is 14.4. The van der Waals surface area contributed by atoms with Gasteiger partial charge < -0.3 is 14.7 Å². The van der Waals surface area contributed by atoms with E-state index < -0.39 is 0 Å². The van der Waals surface area contributed by atoms with E-state index in [4.69, 9.17) is 16.1 Å². The zero-order chi connectivity index (χ0) is 17.4. The van der Waals surface area contributed by atoms with Crippen molar-refractivity contribution in [1.82, 2.24) is 10.5 Å². The molecule has 0 radical (unpaired) electrons. The number of amides is 2. The highest BCUT2D eigenvalue weighted by atomic mass is 35.5. The number of nitrogens with one attached hydrogen (secondary N) is 1. The van der Waals surface area contributed by atoms with Crippen LogP contribution < -0.4 is 10.2 Å². The molecule has 1 saturated heterocycles. The maximum Gasteiger partial charge on any atom is 0.274 e. The lowest BCUT2D eigenvalue weighted by Gasteiger charge is -2.17. The quantitative estimate of drug-likeness (QED) is 0.914. The molecule has 1 aliphatic carbocycles. The Morgan fingerprint density at radius 2 is 2.00 bits per heavy atom. The molecule has 2 heterocycles. The van der Waals surface area contributed by atoms with Crippen molar-refractivity contribution in [1.29, 1.82) is 0 Å². The van der Waals surface area contributed by atoms with E-state index in [-0.39, 0.29) is 24.3 Å². The highest BCUT2D eigenvalue weighted by molar-refractivity contribution is 6.30. The second-order valence-corrected chi connectivity index (χ2v) is 6.93. The Morgan fingerprint density at radius 1 is 1.24 bits per heavy atom. The standard InChI is InChI=1S/C18H18ClN3O3/c19-11-5-7-13(8-6-11)22-10-12(9-16(22)23)20-18(24)17-14-3-1-2-4-15(14)25-21-17/h5-8,12H,1-4,9-10H2,(H,20,24)/t12-/m1/s1. The van der Waals surface area contributed by atoms with Gasteiger partial charge in [0.05, 0.1) is 6.04 Å². The predicted molar refractivity (Wildman–Crippen MR) is 92.8 cm³/mol. The van der Waals surface area contributed by atoms with E-state index in [9.17, 15) is 9.59 Å². The average Bonchev–Trinajstić information content (AvgIpc) is 3.19. The van der Waals surface area contributed by atoms with Gasteiger partial charge in [-0.1, -0.05) is 16.8 Å². The first-order chi connectivity index (χ1) is 12.1. The molecule has 2 aromatic rings. The molecule has 1 fully saturated rings. The molecule has 2 aliphatic rings. The minimum atomic E-state index is -0.261. The normalized spacial score (nSPS) is 19.8. The summed E-state index contributed by atoms with van der Waals surface area (Å²) in [7, 11) is 0. The summed E-state index contributed by atoms with van der Waals surface area (Å²) in [5, 5.41) is 7.49. The molecule has 1 aromatic carbocycles. The predicted octanol–water partition coefficient (Wildman–Crippen LogP) is 2.74. The van der Waals surface area contributed by atoms with Gasteiger partial charge in [-0.3, -0.25) is 9.59 Å². The van der Waals surface area contributed by atoms with Gasteiger partial charge in [0.25, 0.3) is 5.91 Å². The Bertz CT molecular complexity index is 815. The van der Waals surface area contributed by atoms with Crippen molar-refractivity contribution in [3.63, 3.8) is 0 Å². The number of hydrogen-bond acceptors (Lipinski definition) is 4. The highest BCUT2D eigenvalue weighted by Gasteiger charge is 2.33. The van der Waals surface area contributed by atoms with Gasteiger partial charge in [-0.25, -0.2) is 0 Å². The van der Waals surface area contributed by atoms with Gasteiger partial charge >= 0.3 is 0 Å². The van der Waals surface area contributed by atoms with Crippen LogP contribution >= 0.6 is 11.6 Å². The lowest BCUT2D eigenvalue weighted by atomic mass is 9.96. The first-order valence-electron chi connectivity index (χ1n) is 8.46. The van der Waals surface area contributed by atoms with Crippen molar-refractivity contribution >= 4 is 29.1 Å². The number of hydrogen-bond donors (Lipinski definition) is 1. The van der Waals surface area contributed by atoms with Gasteiger partial charge in [0.2, 0.25) is 5.91 Å². The number of anilines is 1. The van der Waals surface area contributed by atoms with Crippen molar-refractivity contribution in [3.8, 4) is 0 Å². The van der Waals surface area contributed by atoms with E-state index in [1.165, 1.54) is 0 Å². The fourth-order valence-electron chi connectivity index (χ4n) is 3.49. The summed E-state index contributed by atoms with van der Waals surface area (Å²) in [5.74, 6) is 0.541. The summed E-state index contributed by atoms with van der Waals surface area (Å²) in [5.41, 5.74) is 2.07. The first kappa shape index (κ1) is 16.1. The maximum absolute atomic E-state index is 12.5. The van der Waals surface area contributed by atoms with Crippen LogP contribution in [-0.4, -0.2) is 29.6 Å². The van der Waals surface area contributed by atoms with E-state index in [1.54, 1.807) is 29.2 Å². The SMILES string of the molecule is O=C(N[C@@H]1CC(=O)N(c2ccc(Cl)cc2)C1)c1noc2c1CCCC2. The molecule has 130 valence electrons. The highest BCUT2D eigenvalue weighted by Crippen LogP contribution is 2.26. The molecule has 0 bridgehead atoms. The summed E-state index contributed by atoms with van der Waals surface area (Å²) < 4.78 is 5.29. The Labute approximate surface area is 150 Å². The topological polar surface area (TPSA) is 75.4 Å². The Balaban J connectivity index is 1.45. The van der Waals surface area contributed by atoms with Gasteiger partial charge in [0.1, 0.15) is 5.76 Å².